The zero-order chi connectivity index (χ0) is 16.3. The third kappa shape index (κ3) is 7.08. The second-order valence-corrected chi connectivity index (χ2v) is 6.08. The van der Waals surface area contributed by atoms with Crippen LogP contribution in [0.1, 0.15) is 75.6 Å². The standard InChI is InChI=1S/C19H30O3/c1-3-5-7-11-15-19(21,14-6-4-2)16-22-18(20)17-12-9-8-10-13-17/h8-10,12-13,21H,3-7,11,14-16H2,1-2H3. The number of carbonyl (C=O) groups excluding carboxylic acids is 1. The van der Waals surface area contributed by atoms with Crippen LogP contribution in [0, 0.1) is 0 Å². The Balaban J connectivity index is 2.50. The highest BCUT2D eigenvalue weighted by Crippen LogP contribution is 2.23. The third-order valence-electron chi connectivity index (χ3n) is 3.97. The lowest BCUT2D eigenvalue weighted by Gasteiger charge is -2.27. The van der Waals surface area contributed by atoms with E-state index in [9.17, 15) is 9.90 Å². The van der Waals surface area contributed by atoms with Gasteiger partial charge in [0.25, 0.3) is 0 Å². The summed E-state index contributed by atoms with van der Waals surface area (Å²) in [4.78, 5) is 12.0. The van der Waals surface area contributed by atoms with Crippen LogP contribution < -0.4 is 0 Å². The number of unbranched alkanes of at least 4 members (excludes halogenated alkanes) is 4. The molecule has 0 amide bonds. The van der Waals surface area contributed by atoms with Gasteiger partial charge in [-0.25, -0.2) is 4.79 Å². The Morgan fingerprint density at radius 1 is 1.00 bits per heavy atom. The number of rotatable bonds is 11. The summed E-state index contributed by atoms with van der Waals surface area (Å²) in [6, 6.07) is 8.95. The summed E-state index contributed by atoms with van der Waals surface area (Å²) in [5, 5.41) is 10.8. The summed E-state index contributed by atoms with van der Waals surface area (Å²) in [5.74, 6) is -0.357. The van der Waals surface area contributed by atoms with Crippen molar-refractivity contribution in [2.24, 2.45) is 0 Å². The van der Waals surface area contributed by atoms with Crippen molar-refractivity contribution in [3.05, 3.63) is 35.9 Å². The quantitative estimate of drug-likeness (QED) is 0.474. The zero-order valence-corrected chi connectivity index (χ0v) is 14.0. The maximum atomic E-state index is 12.0. The van der Waals surface area contributed by atoms with Gasteiger partial charge in [-0.05, 0) is 25.0 Å². The number of esters is 1. The minimum atomic E-state index is -0.881. The lowest BCUT2D eigenvalue weighted by Crippen LogP contribution is -2.35. The topological polar surface area (TPSA) is 46.5 Å². The maximum absolute atomic E-state index is 12.0. The molecule has 0 spiro atoms. The van der Waals surface area contributed by atoms with Gasteiger partial charge in [-0.2, -0.15) is 0 Å². The summed E-state index contributed by atoms with van der Waals surface area (Å²) >= 11 is 0. The summed E-state index contributed by atoms with van der Waals surface area (Å²) in [5.41, 5.74) is -0.347. The molecule has 1 atom stereocenters. The van der Waals surface area contributed by atoms with Crippen molar-refractivity contribution in [2.45, 2.75) is 70.8 Å². The monoisotopic (exact) mass is 306 g/mol. The summed E-state index contributed by atoms with van der Waals surface area (Å²) < 4.78 is 5.36. The van der Waals surface area contributed by atoms with Gasteiger partial charge in [-0.3, -0.25) is 0 Å². The Morgan fingerprint density at radius 3 is 2.27 bits per heavy atom. The van der Waals surface area contributed by atoms with Gasteiger partial charge in [-0.15, -0.1) is 0 Å². The van der Waals surface area contributed by atoms with Gasteiger partial charge in [0.2, 0.25) is 0 Å². The number of benzene rings is 1. The fourth-order valence-electron chi connectivity index (χ4n) is 2.51. The van der Waals surface area contributed by atoms with Crippen molar-refractivity contribution in [2.75, 3.05) is 6.61 Å². The first-order valence-electron chi connectivity index (χ1n) is 8.56. The first-order valence-corrected chi connectivity index (χ1v) is 8.56. The molecular weight excluding hydrogens is 276 g/mol. The van der Waals surface area contributed by atoms with Crippen molar-refractivity contribution in [1.29, 1.82) is 0 Å². The molecule has 1 aromatic carbocycles. The van der Waals surface area contributed by atoms with E-state index in [2.05, 4.69) is 13.8 Å². The highest BCUT2D eigenvalue weighted by Gasteiger charge is 2.28. The predicted molar refractivity (Wildman–Crippen MR) is 90.0 cm³/mol. The van der Waals surface area contributed by atoms with Crippen LogP contribution in [0.2, 0.25) is 0 Å². The second-order valence-electron chi connectivity index (χ2n) is 6.08. The van der Waals surface area contributed by atoms with Crippen molar-refractivity contribution in [3.8, 4) is 0 Å². The van der Waals surface area contributed by atoms with Gasteiger partial charge >= 0.3 is 5.97 Å². The van der Waals surface area contributed by atoms with E-state index < -0.39 is 5.60 Å². The predicted octanol–water partition coefficient (Wildman–Crippen LogP) is 4.74. The molecule has 0 aromatic heterocycles. The van der Waals surface area contributed by atoms with Gasteiger partial charge < -0.3 is 9.84 Å². The molecule has 1 aromatic rings. The number of aliphatic hydroxyl groups is 1. The highest BCUT2D eigenvalue weighted by molar-refractivity contribution is 5.89. The zero-order valence-electron chi connectivity index (χ0n) is 14.0. The van der Waals surface area contributed by atoms with E-state index in [1.807, 2.05) is 18.2 Å². The molecule has 22 heavy (non-hydrogen) atoms. The normalized spacial score (nSPS) is 13.6. The molecular formula is C19H30O3. The molecule has 0 aliphatic heterocycles. The molecule has 0 aliphatic carbocycles. The number of hydrogen-bond donors (Lipinski definition) is 1. The van der Waals surface area contributed by atoms with Crippen molar-refractivity contribution in [3.63, 3.8) is 0 Å². The smallest absolute Gasteiger partial charge is 0.338 e. The van der Waals surface area contributed by atoms with Gasteiger partial charge in [0.05, 0.1) is 11.2 Å². The van der Waals surface area contributed by atoms with Crippen molar-refractivity contribution >= 4 is 5.97 Å². The van der Waals surface area contributed by atoms with Crippen molar-refractivity contribution < 1.29 is 14.6 Å². The van der Waals surface area contributed by atoms with E-state index in [-0.39, 0.29) is 12.6 Å². The van der Waals surface area contributed by atoms with Crippen LogP contribution in [-0.4, -0.2) is 23.3 Å². The van der Waals surface area contributed by atoms with Crippen LogP contribution in [0.25, 0.3) is 0 Å². The Bertz CT molecular complexity index is 416. The van der Waals surface area contributed by atoms with E-state index in [0.29, 0.717) is 18.4 Å². The fraction of sp³-hybridized carbons (Fsp3) is 0.632. The van der Waals surface area contributed by atoms with Crippen LogP contribution in [0.5, 0.6) is 0 Å². The largest absolute Gasteiger partial charge is 0.459 e. The number of carbonyl (C=O) groups is 1. The molecule has 1 unspecified atom stereocenters. The number of hydrogen-bond acceptors (Lipinski definition) is 3. The lowest BCUT2D eigenvalue weighted by atomic mass is 9.91. The van der Waals surface area contributed by atoms with Gasteiger partial charge in [-0.1, -0.05) is 70.6 Å². The molecule has 0 saturated heterocycles. The Hall–Kier alpha value is -1.35. The van der Waals surface area contributed by atoms with Crippen LogP contribution >= 0.6 is 0 Å². The SMILES string of the molecule is CCCCCCC(O)(CCCC)COC(=O)c1ccccc1. The van der Waals surface area contributed by atoms with E-state index in [4.69, 9.17) is 4.74 Å². The molecule has 3 heteroatoms. The number of ether oxygens (including phenoxy) is 1. The Kier molecular flexibility index (Phi) is 8.83. The second kappa shape index (κ2) is 10.4. The maximum Gasteiger partial charge on any atom is 0.338 e. The summed E-state index contributed by atoms with van der Waals surface area (Å²) in [6.07, 6.45) is 7.85. The van der Waals surface area contributed by atoms with Crippen LogP contribution in [0.3, 0.4) is 0 Å². The first kappa shape index (κ1) is 18.7. The van der Waals surface area contributed by atoms with Crippen LogP contribution in [0.4, 0.5) is 0 Å². The molecule has 1 N–H and O–H groups in total. The fourth-order valence-corrected chi connectivity index (χ4v) is 2.51. The van der Waals surface area contributed by atoms with Crippen molar-refractivity contribution in [1.82, 2.24) is 0 Å². The van der Waals surface area contributed by atoms with E-state index in [0.717, 1.165) is 25.7 Å². The highest BCUT2D eigenvalue weighted by atomic mass is 16.5. The minimum Gasteiger partial charge on any atom is -0.459 e. The Labute approximate surface area is 134 Å². The molecule has 0 aliphatic rings. The average Bonchev–Trinajstić information content (AvgIpc) is 2.56. The van der Waals surface area contributed by atoms with Gasteiger partial charge in [0.15, 0.2) is 0 Å². The van der Waals surface area contributed by atoms with E-state index in [1.165, 1.54) is 12.8 Å². The summed E-state index contributed by atoms with van der Waals surface area (Å²) in [7, 11) is 0. The first-order chi connectivity index (χ1) is 10.6. The van der Waals surface area contributed by atoms with Gasteiger partial charge in [0, 0.05) is 0 Å². The molecule has 0 fully saturated rings. The molecule has 0 heterocycles. The third-order valence-corrected chi connectivity index (χ3v) is 3.97. The molecule has 0 saturated carbocycles. The molecule has 124 valence electrons. The molecule has 3 nitrogen and oxygen atoms in total. The summed E-state index contributed by atoms with van der Waals surface area (Å²) in [6.45, 7) is 4.37. The Morgan fingerprint density at radius 2 is 1.64 bits per heavy atom. The average molecular weight is 306 g/mol. The van der Waals surface area contributed by atoms with E-state index in [1.54, 1.807) is 12.1 Å². The van der Waals surface area contributed by atoms with Gasteiger partial charge in [0.1, 0.15) is 6.61 Å². The van der Waals surface area contributed by atoms with E-state index >= 15 is 0 Å². The van der Waals surface area contributed by atoms with Crippen LogP contribution in [-0.2, 0) is 4.74 Å². The lowest BCUT2D eigenvalue weighted by molar-refractivity contribution is -0.0449. The van der Waals surface area contributed by atoms with Crippen LogP contribution in [0.15, 0.2) is 30.3 Å². The molecule has 0 radical (unpaired) electrons. The molecule has 1 rings (SSSR count). The molecule has 0 bridgehead atoms. The minimum absolute atomic E-state index is 0.0901.